The Morgan fingerprint density at radius 2 is 1.71 bits per heavy atom. The molecule has 0 saturated heterocycles. The van der Waals surface area contributed by atoms with Gasteiger partial charge in [0, 0.05) is 10.6 Å². The number of aromatic hydroxyl groups is 1. The quantitative estimate of drug-likeness (QED) is 0.893. The van der Waals surface area contributed by atoms with Crippen LogP contribution >= 0.6 is 11.6 Å². The van der Waals surface area contributed by atoms with Crippen molar-refractivity contribution in [1.29, 1.82) is 0 Å². The van der Waals surface area contributed by atoms with Gasteiger partial charge >= 0.3 is 6.18 Å². The van der Waals surface area contributed by atoms with Crippen molar-refractivity contribution < 1.29 is 23.4 Å². The van der Waals surface area contributed by atoms with Crippen LogP contribution < -0.4 is 0 Å². The van der Waals surface area contributed by atoms with Crippen molar-refractivity contribution in [3.05, 3.63) is 63.7 Å². The predicted octanol–water partition coefficient (Wildman–Crippen LogP) is 4.15. The lowest BCUT2D eigenvalue weighted by atomic mass is 9.98. The third-order valence-corrected chi connectivity index (χ3v) is 3.45. The minimum absolute atomic E-state index is 0.160. The highest BCUT2D eigenvalue weighted by atomic mass is 35.5. The fourth-order valence-corrected chi connectivity index (χ4v) is 2.26. The van der Waals surface area contributed by atoms with Gasteiger partial charge in [-0.05, 0) is 35.7 Å². The molecule has 0 fully saturated rings. The van der Waals surface area contributed by atoms with E-state index in [-0.39, 0.29) is 12.0 Å². The Kier molecular flexibility index (Phi) is 4.44. The minimum Gasteiger partial charge on any atom is -0.507 e. The largest absolute Gasteiger partial charge is 0.507 e. The molecule has 0 aliphatic heterocycles. The lowest BCUT2D eigenvalue weighted by molar-refractivity contribution is -0.138. The van der Waals surface area contributed by atoms with E-state index in [1.807, 2.05) is 0 Å². The second-order valence-corrected chi connectivity index (χ2v) is 4.98. The van der Waals surface area contributed by atoms with E-state index < -0.39 is 24.1 Å². The summed E-state index contributed by atoms with van der Waals surface area (Å²) in [7, 11) is 0. The summed E-state index contributed by atoms with van der Waals surface area (Å²) in [4.78, 5) is 0. The van der Waals surface area contributed by atoms with Gasteiger partial charge in [-0.3, -0.25) is 0 Å². The Labute approximate surface area is 124 Å². The number of hydrogen-bond donors (Lipinski definition) is 2. The molecule has 2 aromatic carbocycles. The van der Waals surface area contributed by atoms with Crippen LogP contribution in [-0.4, -0.2) is 10.2 Å². The van der Waals surface area contributed by atoms with Crippen molar-refractivity contribution in [3.8, 4) is 5.75 Å². The van der Waals surface area contributed by atoms with Gasteiger partial charge in [0.2, 0.25) is 0 Å². The number of alkyl halides is 3. The van der Waals surface area contributed by atoms with Crippen LogP contribution in [0.25, 0.3) is 0 Å². The molecule has 0 aliphatic rings. The van der Waals surface area contributed by atoms with E-state index in [9.17, 15) is 18.3 Å². The second-order valence-electron chi connectivity index (χ2n) is 4.58. The van der Waals surface area contributed by atoms with Gasteiger partial charge in [0.25, 0.3) is 0 Å². The molecule has 0 heterocycles. The highest BCUT2D eigenvalue weighted by molar-refractivity contribution is 6.31. The monoisotopic (exact) mass is 316 g/mol. The van der Waals surface area contributed by atoms with Crippen LogP contribution in [0.5, 0.6) is 5.75 Å². The number of aliphatic hydroxyl groups is 1. The third kappa shape index (κ3) is 3.49. The molecule has 0 saturated carbocycles. The molecule has 0 bridgehead atoms. The Hall–Kier alpha value is -1.72. The first-order valence-electron chi connectivity index (χ1n) is 6.09. The minimum atomic E-state index is -4.69. The zero-order chi connectivity index (χ0) is 15.6. The van der Waals surface area contributed by atoms with Gasteiger partial charge in [-0.2, -0.15) is 13.2 Å². The van der Waals surface area contributed by atoms with Gasteiger partial charge in [0.05, 0.1) is 12.2 Å². The summed E-state index contributed by atoms with van der Waals surface area (Å²) in [6.07, 6.45) is -4.51. The average Bonchev–Trinajstić information content (AvgIpc) is 2.41. The SMILES string of the molecule is OCc1cc(Cc2ccccc2Cl)cc(C(F)(F)F)c1O. The fourth-order valence-electron chi connectivity index (χ4n) is 2.06. The predicted molar refractivity (Wildman–Crippen MR) is 73.3 cm³/mol. The zero-order valence-electron chi connectivity index (χ0n) is 10.8. The Bertz CT molecular complexity index is 654. The molecule has 0 aromatic heterocycles. The molecule has 0 aliphatic carbocycles. The first kappa shape index (κ1) is 15.7. The van der Waals surface area contributed by atoms with E-state index in [0.717, 1.165) is 6.07 Å². The van der Waals surface area contributed by atoms with Crippen molar-refractivity contribution in [2.45, 2.75) is 19.2 Å². The molecule has 0 unspecified atom stereocenters. The van der Waals surface area contributed by atoms with Gasteiger partial charge in [-0.1, -0.05) is 29.8 Å². The summed E-state index contributed by atoms with van der Waals surface area (Å²) in [5.74, 6) is -0.937. The van der Waals surface area contributed by atoms with Gasteiger partial charge in [-0.15, -0.1) is 0 Å². The molecule has 21 heavy (non-hydrogen) atoms. The fraction of sp³-hybridized carbons (Fsp3) is 0.200. The van der Waals surface area contributed by atoms with Crippen molar-refractivity contribution in [2.75, 3.05) is 0 Å². The molecule has 2 nitrogen and oxygen atoms in total. The molecule has 0 spiro atoms. The average molecular weight is 317 g/mol. The topological polar surface area (TPSA) is 40.5 Å². The maximum absolute atomic E-state index is 12.9. The Balaban J connectivity index is 2.48. The number of benzene rings is 2. The molecule has 2 rings (SSSR count). The van der Waals surface area contributed by atoms with Crippen molar-refractivity contribution in [2.24, 2.45) is 0 Å². The van der Waals surface area contributed by atoms with Crippen molar-refractivity contribution in [3.63, 3.8) is 0 Å². The summed E-state index contributed by atoms with van der Waals surface area (Å²) < 4.78 is 38.7. The summed E-state index contributed by atoms with van der Waals surface area (Å²) >= 11 is 5.99. The number of phenols is 1. The summed E-state index contributed by atoms with van der Waals surface area (Å²) in [6, 6.07) is 9.03. The van der Waals surface area contributed by atoms with Crippen LogP contribution in [0.4, 0.5) is 13.2 Å². The first-order chi connectivity index (χ1) is 9.82. The molecule has 2 aromatic rings. The molecule has 6 heteroatoms. The van der Waals surface area contributed by atoms with E-state index in [0.29, 0.717) is 16.1 Å². The lowest BCUT2D eigenvalue weighted by Crippen LogP contribution is -2.08. The molecule has 0 radical (unpaired) electrons. The van der Waals surface area contributed by atoms with E-state index in [4.69, 9.17) is 16.7 Å². The van der Waals surface area contributed by atoms with Crippen molar-refractivity contribution in [1.82, 2.24) is 0 Å². The standard InChI is InChI=1S/C15H12ClF3O2/c16-13-4-2-1-3-10(13)5-9-6-11(8-20)14(21)12(7-9)15(17,18)19/h1-4,6-7,20-21H,5,8H2. The van der Waals surface area contributed by atoms with E-state index in [1.54, 1.807) is 24.3 Å². The maximum atomic E-state index is 12.9. The molecule has 2 N–H and O–H groups in total. The van der Waals surface area contributed by atoms with Gasteiger partial charge in [0.1, 0.15) is 5.75 Å². The van der Waals surface area contributed by atoms with Crippen LogP contribution in [0.15, 0.2) is 36.4 Å². The summed E-state index contributed by atoms with van der Waals surface area (Å²) in [6.45, 7) is -0.675. The zero-order valence-corrected chi connectivity index (χ0v) is 11.5. The smallest absolute Gasteiger partial charge is 0.419 e. The van der Waals surface area contributed by atoms with Gasteiger partial charge in [-0.25, -0.2) is 0 Å². The van der Waals surface area contributed by atoms with E-state index in [2.05, 4.69) is 0 Å². The van der Waals surface area contributed by atoms with E-state index >= 15 is 0 Å². The van der Waals surface area contributed by atoms with Crippen LogP contribution in [-0.2, 0) is 19.2 Å². The normalized spacial score (nSPS) is 11.7. The summed E-state index contributed by atoms with van der Waals surface area (Å²) in [5, 5.41) is 19.1. The number of aliphatic hydroxyl groups excluding tert-OH is 1. The van der Waals surface area contributed by atoms with E-state index in [1.165, 1.54) is 6.07 Å². The van der Waals surface area contributed by atoms with Gasteiger partial charge < -0.3 is 10.2 Å². The molecule has 112 valence electrons. The van der Waals surface area contributed by atoms with Crippen LogP contribution in [0.1, 0.15) is 22.3 Å². The highest BCUT2D eigenvalue weighted by Gasteiger charge is 2.35. The Morgan fingerprint density at radius 3 is 2.29 bits per heavy atom. The summed E-state index contributed by atoms with van der Waals surface area (Å²) in [5.41, 5.74) is -0.331. The number of rotatable bonds is 3. The van der Waals surface area contributed by atoms with Crippen LogP contribution in [0, 0.1) is 0 Å². The molecule has 0 atom stereocenters. The second kappa shape index (κ2) is 5.95. The first-order valence-corrected chi connectivity index (χ1v) is 6.47. The maximum Gasteiger partial charge on any atom is 0.419 e. The number of hydrogen-bond acceptors (Lipinski definition) is 2. The third-order valence-electron chi connectivity index (χ3n) is 3.08. The highest BCUT2D eigenvalue weighted by Crippen LogP contribution is 2.39. The molecule has 0 amide bonds. The lowest BCUT2D eigenvalue weighted by Gasteiger charge is -2.14. The van der Waals surface area contributed by atoms with Crippen molar-refractivity contribution >= 4 is 11.6 Å². The Morgan fingerprint density at radius 1 is 1.05 bits per heavy atom. The van der Waals surface area contributed by atoms with Gasteiger partial charge in [0.15, 0.2) is 0 Å². The van der Waals surface area contributed by atoms with Crippen LogP contribution in [0.3, 0.4) is 0 Å². The van der Waals surface area contributed by atoms with Crippen LogP contribution in [0.2, 0.25) is 5.02 Å². The number of halogens is 4. The molecular formula is C15H12ClF3O2. The molecular weight excluding hydrogens is 305 g/mol.